The molecule has 0 aliphatic rings. The van der Waals surface area contributed by atoms with Crippen LogP contribution in [0.25, 0.3) is 21.8 Å². The van der Waals surface area contributed by atoms with Gasteiger partial charge in [-0.2, -0.15) is 0 Å². The van der Waals surface area contributed by atoms with Gasteiger partial charge in [0, 0.05) is 34.5 Å². The molecule has 0 N–H and O–H groups in total. The van der Waals surface area contributed by atoms with Crippen LogP contribution >= 0.6 is 11.6 Å². The summed E-state index contributed by atoms with van der Waals surface area (Å²) < 4.78 is 2.33. The molecule has 0 saturated carbocycles. The smallest absolute Gasteiger partial charge is 0.129 e. The van der Waals surface area contributed by atoms with Crippen molar-refractivity contribution in [3.05, 3.63) is 77.6 Å². The summed E-state index contributed by atoms with van der Waals surface area (Å²) in [7, 11) is 0. The van der Waals surface area contributed by atoms with Crippen LogP contribution in [0, 0.1) is 0 Å². The molecule has 0 unspecified atom stereocenters. The lowest BCUT2D eigenvalue weighted by atomic mass is 10.2. The standard InChI is InChI=1S/C18H13ClN2/c19-18-10-9-13(11-20-18)12-21-16-7-3-1-5-14(16)15-6-2-4-8-17(15)21/h1-11H,12H2. The summed E-state index contributed by atoms with van der Waals surface area (Å²) in [5, 5.41) is 3.10. The van der Waals surface area contributed by atoms with Crippen LogP contribution in [0.5, 0.6) is 0 Å². The van der Waals surface area contributed by atoms with Crippen LogP contribution in [0.15, 0.2) is 66.9 Å². The molecule has 21 heavy (non-hydrogen) atoms. The Labute approximate surface area is 127 Å². The second-order valence-electron chi connectivity index (χ2n) is 5.11. The Balaban J connectivity index is 1.95. The monoisotopic (exact) mass is 292 g/mol. The van der Waals surface area contributed by atoms with Gasteiger partial charge in [0.15, 0.2) is 0 Å². The van der Waals surface area contributed by atoms with E-state index in [1.54, 1.807) is 0 Å². The molecule has 0 aliphatic heterocycles. The quantitative estimate of drug-likeness (QED) is 0.481. The van der Waals surface area contributed by atoms with E-state index in [4.69, 9.17) is 11.6 Å². The lowest BCUT2D eigenvalue weighted by molar-refractivity contribution is 0.862. The van der Waals surface area contributed by atoms with Crippen molar-refractivity contribution >= 4 is 33.4 Å². The summed E-state index contributed by atoms with van der Waals surface area (Å²) in [5.41, 5.74) is 3.63. The number of rotatable bonds is 2. The third-order valence-corrected chi connectivity index (χ3v) is 4.03. The third kappa shape index (κ3) is 2.08. The van der Waals surface area contributed by atoms with Crippen molar-refractivity contribution in [3.8, 4) is 0 Å². The predicted octanol–water partition coefficient (Wildman–Crippen LogP) is 4.89. The molecular formula is C18H13ClN2. The van der Waals surface area contributed by atoms with Gasteiger partial charge in [-0.3, -0.25) is 0 Å². The summed E-state index contributed by atoms with van der Waals surface area (Å²) >= 11 is 5.87. The van der Waals surface area contributed by atoms with E-state index in [0.717, 1.165) is 12.1 Å². The molecule has 4 rings (SSSR count). The fraction of sp³-hybridized carbons (Fsp3) is 0.0556. The zero-order valence-electron chi connectivity index (χ0n) is 11.3. The molecule has 0 aliphatic carbocycles. The first kappa shape index (κ1) is 12.4. The van der Waals surface area contributed by atoms with Gasteiger partial charge >= 0.3 is 0 Å². The van der Waals surface area contributed by atoms with Crippen LogP contribution in [0.2, 0.25) is 5.15 Å². The Bertz CT molecular complexity index is 870. The zero-order valence-corrected chi connectivity index (χ0v) is 12.1. The van der Waals surface area contributed by atoms with E-state index in [1.807, 2.05) is 18.3 Å². The maximum atomic E-state index is 5.87. The fourth-order valence-electron chi connectivity index (χ4n) is 2.86. The maximum Gasteiger partial charge on any atom is 0.129 e. The Hall–Kier alpha value is -2.32. The first-order valence-corrected chi connectivity index (χ1v) is 7.27. The zero-order chi connectivity index (χ0) is 14.2. The molecule has 0 saturated heterocycles. The second kappa shape index (κ2) is 4.90. The number of nitrogens with zero attached hydrogens (tertiary/aromatic N) is 2. The van der Waals surface area contributed by atoms with Crippen molar-refractivity contribution in [1.82, 2.24) is 9.55 Å². The Kier molecular flexibility index (Phi) is 2.90. The van der Waals surface area contributed by atoms with Crippen LogP contribution in [-0.2, 0) is 6.54 Å². The molecule has 2 nitrogen and oxygen atoms in total. The molecule has 2 aromatic carbocycles. The number of para-hydroxylation sites is 2. The number of aromatic nitrogens is 2. The topological polar surface area (TPSA) is 17.8 Å². The molecule has 102 valence electrons. The van der Waals surface area contributed by atoms with Crippen LogP contribution in [0.3, 0.4) is 0 Å². The number of fused-ring (bicyclic) bond motifs is 3. The van der Waals surface area contributed by atoms with Crippen LogP contribution in [-0.4, -0.2) is 9.55 Å². The van der Waals surface area contributed by atoms with Crippen molar-refractivity contribution in [1.29, 1.82) is 0 Å². The van der Waals surface area contributed by atoms with E-state index in [-0.39, 0.29) is 0 Å². The van der Waals surface area contributed by atoms with Gasteiger partial charge in [-0.1, -0.05) is 54.1 Å². The summed E-state index contributed by atoms with van der Waals surface area (Å²) in [4.78, 5) is 4.17. The minimum absolute atomic E-state index is 0.529. The Morgan fingerprint density at radius 1 is 0.810 bits per heavy atom. The second-order valence-corrected chi connectivity index (χ2v) is 5.50. The van der Waals surface area contributed by atoms with Crippen molar-refractivity contribution in [2.45, 2.75) is 6.54 Å². The summed E-state index contributed by atoms with van der Waals surface area (Å²) in [6, 6.07) is 20.9. The summed E-state index contributed by atoms with van der Waals surface area (Å²) in [5.74, 6) is 0. The highest BCUT2D eigenvalue weighted by molar-refractivity contribution is 6.29. The largest absolute Gasteiger partial charge is 0.336 e. The van der Waals surface area contributed by atoms with Gasteiger partial charge in [-0.25, -0.2) is 4.98 Å². The highest BCUT2D eigenvalue weighted by Crippen LogP contribution is 2.29. The Morgan fingerprint density at radius 3 is 2.00 bits per heavy atom. The Morgan fingerprint density at radius 2 is 1.43 bits per heavy atom. The molecule has 2 aromatic heterocycles. The molecular weight excluding hydrogens is 280 g/mol. The molecule has 0 atom stereocenters. The molecule has 0 amide bonds. The van der Waals surface area contributed by atoms with Gasteiger partial charge in [0.2, 0.25) is 0 Å². The van der Waals surface area contributed by atoms with Gasteiger partial charge < -0.3 is 4.57 Å². The van der Waals surface area contributed by atoms with Crippen molar-refractivity contribution < 1.29 is 0 Å². The fourth-order valence-corrected chi connectivity index (χ4v) is 2.97. The molecule has 0 radical (unpaired) electrons. The number of hydrogen-bond donors (Lipinski definition) is 0. The first-order chi connectivity index (χ1) is 10.3. The third-order valence-electron chi connectivity index (χ3n) is 3.81. The van der Waals surface area contributed by atoms with E-state index >= 15 is 0 Å². The van der Waals surface area contributed by atoms with Gasteiger partial charge in [-0.05, 0) is 23.8 Å². The van der Waals surface area contributed by atoms with Gasteiger partial charge in [0.25, 0.3) is 0 Å². The average Bonchev–Trinajstić information content (AvgIpc) is 2.85. The van der Waals surface area contributed by atoms with E-state index in [2.05, 4.69) is 58.1 Å². The van der Waals surface area contributed by atoms with Gasteiger partial charge in [-0.15, -0.1) is 0 Å². The minimum atomic E-state index is 0.529. The van der Waals surface area contributed by atoms with E-state index in [1.165, 1.54) is 21.8 Å². The van der Waals surface area contributed by atoms with Crippen molar-refractivity contribution in [2.75, 3.05) is 0 Å². The predicted molar refractivity (Wildman–Crippen MR) is 87.8 cm³/mol. The SMILES string of the molecule is Clc1ccc(Cn2c3ccccc3c3ccccc32)cn1. The minimum Gasteiger partial charge on any atom is -0.336 e. The average molecular weight is 293 g/mol. The van der Waals surface area contributed by atoms with Gasteiger partial charge in [0.1, 0.15) is 5.15 Å². The van der Waals surface area contributed by atoms with Gasteiger partial charge in [0.05, 0.1) is 0 Å². The molecule has 2 heterocycles. The molecule has 3 heteroatoms. The van der Waals surface area contributed by atoms with Crippen LogP contribution < -0.4 is 0 Å². The van der Waals surface area contributed by atoms with E-state index in [0.29, 0.717) is 5.15 Å². The lowest BCUT2D eigenvalue weighted by Crippen LogP contribution is -1.99. The van der Waals surface area contributed by atoms with Crippen molar-refractivity contribution in [2.24, 2.45) is 0 Å². The molecule has 0 bridgehead atoms. The van der Waals surface area contributed by atoms with Crippen molar-refractivity contribution in [3.63, 3.8) is 0 Å². The normalized spacial score (nSPS) is 11.3. The number of pyridine rings is 1. The lowest BCUT2D eigenvalue weighted by Gasteiger charge is -2.07. The number of halogens is 1. The molecule has 4 aromatic rings. The molecule has 0 spiro atoms. The van der Waals surface area contributed by atoms with Crippen LogP contribution in [0.4, 0.5) is 0 Å². The highest BCUT2D eigenvalue weighted by Gasteiger charge is 2.09. The van der Waals surface area contributed by atoms with E-state index in [9.17, 15) is 0 Å². The number of hydrogen-bond acceptors (Lipinski definition) is 1. The summed E-state index contributed by atoms with van der Waals surface area (Å²) in [6.45, 7) is 0.790. The van der Waals surface area contributed by atoms with Crippen LogP contribution in [0.1, 0.15) is 5.56 Å². The first-order valence-electron chi connectivity index (χ1n) is 6.89. The summed E-state index contributed by atoms with van der Waals surface area (Å²) in [6.07, 6.45) is 1.84. The molecule has 0 fully saturated rings. The maximum absolute atomic E-state index is 5.87. The number of benzene rings is 2. The highest BCUT2D eigenvalue weighted by atomic mass is 35.5. The van der Waals surface area contributed by atoms with E-state index < -0.39 is 0 Å².